The fourth-order valence-electron chi connectivity index (χ4n) is 4.37. The summed E-state index contributed by atoms with van der Waals surface area (Å²) in [5.41, 5.74) is 2.57. The van der Waals surface area contributed by atoms with Crippen molar-refractivity contribution in [3.05, 3.63) is 29.1 Å². The first-order valence-electron chi connectivity index (χ1n) is 11.6. The molecule has 0 spiro atoms. The standard InChI is InChI=1S/C24H31N3O6/c1-14-19(13-31-24(30)27(3)17-7-5-8-17)22(33-26-14)20-10-11-21(15(2)25-20)32-18-9-4-6-16(12-18)23(28)29/h10-11,16-18H,4-9,12-13H2,1-3H3,(H,28,29)/t16-,18-/m0/s1. The third-order valence-corrected chi connectivity index (χ3v) is 6.77. The molecule has 2 aromatic heterocycles. The third kappa shape index (κ3) is 5.12. The van der Waals surface area contributed by atoms with Crippen molar-refractivity contribution < 1.29 is 28.7 Å². The third-order valence-electron chi connectivity index (χ3n) is 6.77. The van der Waals surface area contributed by atoms with Crippen LogP contribution >= 0.6 is 0 Å². The molecule has 0 aliphatic heterocycles. The molecule has 2 aromatic rings. The number of hydrogen-bond acceptors (Lipinski definition) is 7. The Morgan fingerprint density at radius 2 is 1.91 bits per heavy atom. The smallest absolute Gasteiger partial charge is 0.410 e. The summed E-state index contributed by atoms with van der Waals surface area (Å²) in [6.45, 7) is 3.70. The van der Waals surface area contributed by atoms with Crippen LogP contribution in [0.3, 0.4) is 0 Å². The number of aliphatic carboxylic acids is 1. The van der Waals surface area contributed by atoms with Crippen LogP contribution in [0.4, 0.5) is 4.79 Å². The summed E-state index contributed by atoms with van der Waals surface area (Å²) in [5, 5.41) is 13.3. The molecule has 2 saturated carbocycles. The monoisotopic (exact) mass is 457 g/mol. The van der Waals surface area contributed by atoms with Crippen LogP contribution in [0.2, 0.25) is 0 Å². The van der Waals surface area contributed by atoms with Gasteiger partial charge in [0, 0.05) is 13.1 Å². The highest BCUT2D eigenvalue weighted by molar-refractivity contribution is 5.70. The van der Waals surface area contributed by atoms with E-state index < -0.39 is 5.97 Å². The van der Waals surface area contributed by atoms with Gasteiger partial charge in [-0.2, -0.15) is 0 Å². The van der Waals surface area contributed by atoms with Gasteiger partial charge in [0.2, 0.25) is 0 Å². The van der Waals surface area contributed by atoms with E-state index in [4.69, 9.17) is 14.0 Å². The first-order valence-corrected chi connectivity index (χ1v) is 11.6. The van der Waals surface area contributed by atoms with E-state index in [-0.39, 0.29) is 30.8 Å². The molecule has 0 radical (unpaired) electrons. The number of aryl methyl sites for hydroxylation is 2. The van der Waals surface area contributed by atoms with Gasteiger partial charge in [0.15, 0.2) is 5.76 Å². The molecule has 0 saturated heterocycles. The molecular formula is C24H31N3O6. The Balaban J connectivity index is 1.43. The number of carbonyl (C=O) groups is 2. The minimum Gasteiger partial charge on any atom is -0.489 e. The van der Waals surface area contributed by atoms with E-state index in [2.05, 4.69) is 10.1 Å². The average molecular weight is 458 g/mol. The van der Waals surface area contributed by atoms with E-state index in [9.17, 15) is 14.7 Å². The zero-order valence-electron chi connectivity index (χ0n) is 19.4. The molecule has 2 aliphatic rings. The fourth-order valence-corrected chi connectivity index (χ4v) is 4.37. The highest BCUT2D eigenvalue weighted by Gasteiger charge is 2.29. The Bertz CT molecular complexity index is 1020. The number of nitrogens with zero attached hydrogens (tertiary/aromatic N) is 3. The van der Waals surface area contributed by atoms with Crippen LogP contribution < -0.4 is 4.74 Å². The van der Waals surface area contributed by atoms with Crippen molar-refractivity contribution in [1.82, 2.24) is 15.0 Å². The Morgan fingerprint density at radius 3 is 2.58 bits per heavy atom. The van der Waals surface area contributed by atoms with Crippen molar-refractivity contribution >= 4 is 12.1 Å². The molecule has 2 aliphatic carbocycles. The molecular weight excluding hydrogens is 426 g/mol. The van der Waals surface area contributed by atoms with Gasteiger partial charge in [-0.05, 0) is 70.9 Å². The lowest BCUT2D eigenvalue weighted by Gasteiger charge is -2.33. The number of carboxylic acids is 1. The van der Waals surface area contributed by atoms with Gasteiger partial charge in [0.25, 0.3) is 0 Å². The lowest BCUT2D eigenvalue weighted by Crippen LogP contribution is -2.41. The highest BCUT2D eigenvalue weighted by Crippen LogP contribution is 2.32. The summed E-state index contributed by atoms with van der Waals surface area (Å²) >= 11 is 0. The molecule has 0 unspecified atom stereocenters. The molecule has 4 rings (SSSR count). The predicted octanol–water partition coefficient (Wildman–Crippen LogP) is 4.50. The minimum atomic E-state index is -0.763. The van der Waals surface area contributed by atoms with E-state index >= 15 is 0 Å². The second-order valence-corrected chi connectivity index (χ2v) is 9.05. The second-order valence-electron chi connectivity index (χ2n) is 9.05. The molecule has 178 valence electrons. The Kier molecular flexibility index (Phi) is 6.85. The van der Waals surface area contributed by atoms with Crippen LogP contribution in [-0.4, -0.2) is 51.4 Å². The maximum absolute atomic E-state index is 12.4. The normalized spacial score (nSPS) is 20.7. The molecule has 1 N–H and O–H groups in total. The molecule has 1 amide bonds. The van der Waals surface area contributed by atoms with E-state index in [0.717, 1.165) is 32.1 Å². The molecule has 33 heavy (non-hydrogen) atoms. The zero-order chi connectivity index (χ0) is 23.5. The van der Waals surface area contributed by atoms with Crippen LogP contribution in [0, 0.1) is 19.8 Å². The van der Waals surface area contributed by atoms with Crippen molar-refractivity contribution in [3.8, 4) is 17.2 Å². The minimum absolute atomic E-state index is 0.0538. The highest BCUT2D eigenvalue weighted by atomic mass is 16.6. The van der Waals surface area contributed by atoms with Crippen molar-refractivity contribution in [3.63, 3.8) is 0 Å². The van der Waals surface area contributed by atoms with Crippen LogP contribution in [0.1, 0.15) is 61.9 Å². The molecule has 2 heterocycles. The van der Waals surface area contributed by atoms with Gasteiger partial charge in [0.05, 0.1) is 29.0 Å². The van der Waals surface area contributed by atoms with Gasteiger partial charge in [-0.15, -0.1) is 0 Å². The quantitative estimate of drug-likeness (QED) is 0.646. The zero-order valence-corrected chi connectivity index (χ0v) is 19.4. The molecule has 2 atom stereocenters. The second kappa shape index (κ2) is 9.80. The lowest BCUT2D eigenvalue weighted by atomic mass is 9.87. The topological polar surface area (TPSA) is 115 Å². The maximum Gasteiger partial charge on any atom is 0.410 e. The number of pyridine rings is 1. The number of amides is 1. The van der Waals surface area contributed by atoms with Gasteiger partial charge in [-0.25, -0.2) is 9.78 Å². The molecule has 2 fully saturated rings. The van der Waals surface area contributed by atoms with Gasteiger partial charge in [-0.3, -0.25) is 4.79 Å². The van der Waals surface area contributed by atoms with E-state index in [1.165, 1.54) is 0 Å². The number of rotatable bonds is 7. The number of aromatic nitrogens is 2. The van der Waals surface area contributed by atoms with E-state index in [1.54, 1.807) is 24.9 Å². The molecule has 0 aromatic carbocycles. The van der Waals surface area contributed by atoms with Gasteiger partial charge in [-0.1, -0.05) is 5.16 Å². The number of carbonyl (C=O) groups excluding carboxylic acids is 1. The maximum atomic E-state index is 12.4. The van der Waals surface area contributed by atoms with Crippen molar-refractivity contribution in [2.24, 2.45) is 5.92 Å². The SMILES string of the molecule is Cc1nc(-c2onc(C)c2COC(=O)N(C)C2CCC2)ccc1O[C@H]1CCC[C@H](C(=O)O)C1. The van der Waals surface area contributed by atoms with Crippen LogP contribution in [-0.2, 0) is 16.1 Å². The summed E-state index contributed by atoms with van der Waals surface area (Å²) in [4.78, 5) is 30.0. The van der Waals surface area contributed by atoms with Gasteiger partial charge in [0.1, 0.15) is 18.1 Å². The van der Waals surface area contributed by atoms with Crippen molar-refractivity contribution in [1.29, 1.82) is 0 Å². The largest absolute Gasteiger partial charge is 0.489 e. The van der Waals surface area contributed by atoms with E-state index in [0.29, 0.717) is 47.0 Å². The van der Waals surface area contributed by atoms with Crippen molar-refractivity contribution in [2.45, 2.75) is 77.5 Å². The predicted molar refractivity (Wildman–Crippen MR) is 119 cm³/mol. The summed E-state index contributed by atoms with van der Waals surface area (Å²) in [6, 6.07) is 3.86. The Hall–Kier alpha value is -3.10. The Labute approximate surface area is 193 Å². The Morgan fingerprint density at radius 1 is 1.15 bits per heavy atom. The first kappa shape index (κ1) is 23.1. The molecule has 9 nitrogen and oxygen atoms in total. The number of hydrogen-bond donors (Lipinski definition) is 1. The van der Waals surface area contributed by atoms with Crippen LogP contribution in [0.15, 0.2) is 16.7 Å². The summed E-state index contributed by atoms with van der Waals surface area (Å²) < 4.78 is 17.1. The van der Waals surface area contributed by atoms with Crippen molar-refractivity contribution in [2.75, 3.05) is 7.05 Å². The molecule has 0 bridgehead atoms. The number of carboxylic acid groups (broad SMARTS) is 1. The number of ether oxygens (including phenoxy) is 2. The van der Waals surface area contributed by atoms with Gasteiger partial charge >= 0.3 is 12.1 Å². The first-order chi connectivity index (χ1) is 15.8. The van der Waals surface area contributed by atoms with Crippen LogP contribution in [0.5, 0.6) is 5.75 Å². The van der Waals surface area contributed by atoms with Crippen LogP contribution in [0.25, 0.3) is 11.5 Å². The average Bonchev–Trinajstić information content (AvgIpc) is 3.12. The molecule has 9 heteroatoms. The summed E-state index contributed by atoms with van der Waals surface area (Å²) in [5.74, 6) is -0.0330. The van der Waals surface area contributed by atoms with Gasteiger partial charge < -0.3 is 24.0 Å². The fraction of sp³-hybridized carbons (Fsp3) is 0.583. The summed E-state index contributed by atoms with van der Waals surface area (Å²) in [7, 11) is 1.77. The van der Waals surface area contributed by atoms with E-state index in [1.807, 2.05) is 13.0 Å². The lowest BCUT2D eigenvalue weighted by molar-refractivity contribution is -0.143. The summed E-state index contributed by atoms with van der Waals surface area (Å²) in [6.07, 6.45) is 5.54.